The van der Waals surface area contributed by atoms with Crippen LogP contribution in [0.5, 0.6) is 23.0 Å². The van der Waals surface area contributed by atoms with Crippen LogP contribution < -0.4 is 24.3 Å². The van der Waals surface area contributed by atoms with Crippen molar-refractivity contribution < 1.29 is 33.3 Å². The Morgan fingerprint density at radius 1 is 0.906 bits per heavy atom. The Labute approximate surface area is 188 Å². The normalized spacial score (nSPS) is 11.3. The maximum absolute atomic E-state index is 12.6. The number of nitrogens with one attached hydrogen (secondary N) is 1. The van der Waals surface area contributed by atoms with Crippen LogP contribution in [0.15, 0.2) is 36.4 Å². The third-order valence-electron chi connectivity index (χ3n) is 4.46. The summed E-state index contributed by atoms with van der Waals surface area (Å²) in [6, 6.07) is 10.1. The van der Waals surface area contributed by atoms with Crippen molar-refractivity contribution in [2.45, 2.75) is 33.7 Å². The summed E-state index contributed by atoms with van der Waals surface area (Å²) in [6.07, 6.45) is 0. The van der Waals surface area contributed by atoms with E-state index in [0.29, 0.717) is 42.8 Å². The van der Waals surface area contributed by atoms with Crippen molar-refractivity contribution in [3.8, 4) is 23.0 Å². The fourth-order valence-electron chi connectivity index (χ4n) is 3.11. The summed E-state index contributed by atoms with van der Waals surface area (Å²) in [7, 11) is 1.57. The number of esters is 1. The topological polar surface area (TPSA) is 92.3 Å². The zero-order valence-electron chi connectivity index (χ0n) is 19.2. The lowest BCUT2D eigenvalue weighted by molar-refractivity contribution is -0.124. The molecule has 0 saturated heterocycles. The SMILES string of the molecule is CCOc1cc(C(=O)OCC(=O)NC(C)c2ccccc2OC)cc(OCC)c1OCC. The van der Waals surface area contributed by atoms with E-state index in [2.05, 4.69) is 5.32 Å². The van der Waals surface area contributed by atoms with Gasteiger partial charge in [-0.3, -0.25) is 4.79 Å². The minimum absolute atomic E-state index is 0.200. The molecule has 8 heteroatoms. The number of para-hydroxylation sites is 1. The van der Waals surface area contributed by atoms with E-state index >= 15 is 0 Å². The standard InChI is InChI=1S/C24H31NO7/c1-6-29-20-13-17(14-21(30-7-2)23(20)31-8-3)24(27)32-15-22(26)25-16(4)18-11-9-10-12-19(18)28-5/h9-14,16H,6-8,15H2,1-5H3,(H,25,26). The van der Waals surface area contributed by atoms with E-state index < -0.39 is 18.5 Å². The summed E-state index contributed by atoms with van der Waals surface area (Å²) >= 11 is 0. The van der Waals surface area contributed by atoms with Crippen LogP contribution in [-0.2, 0) is 9.53 Å². The highest BCUT2D eigenvalue weighted by molar-refractivity contribution is 5.93. The number of hydrogen-bond donors (Lipinski definition) is 1. The highest BCUT2D eigenvalue weighted by atomic mass is 16.5. The van der Waals surface area contributed by atoms with Crippen molar-refractivity contribution in [3.05, 3.63) is 47.5 Å². The van der Waals surface area contributed by atoms with Crippen molar-refractivity contribution in [3.63, 3.8) is 0 Å². The first-order chi connectivity index (χ1) is 15.4. The molecular weight excluding hydrogens is 414 g/mol. The number of ether oxygens (including phenoxy) is 5. The van der Waals surface area contributed by atoms with Crippen molar-refractivity contribution in [2.75, 3.05) is 33.5 Å². The molecule has 0 aromatic heterocycles. The molecule has 1 N–H and O–H groups in total. The predicted octanol–water partition coefficient (Wildman–Crippen LogP) is 3.93. The summed E-state index contributed by atoms with van der Waals surface area (Å²) in [4.78, 5) is 25.0. The molecule has 2 aromatic carbocycles. The average Bonchev–Trinajstić information content (AvgIpc) is 2.79. The number of amides is 1. The van der Waals surface area contributed by atoms with Gasteiger partial charge in [0.25, 0.3) is 5.91 Å². The summed E-state index contributed by atoms with van der Waals surface area (Å²) in [6.45, 7) is 8.07. The monoisotopic (exact) mass is 445 g/mol. The molecule has 0 aliphatic carbocycles. The number of benzene rings is 2. The second-order valence-corrected chi connectivity index (χ2v) is 6.71. The predicted molar refractivity (Wildman–Crippen MR) is 120 cm³/mol. The molecular formula is C24H31NO7. The molecule has 0 fully saturated rings. The number of carbonyl (C=O) groups excluding carboxylic acids is 2. The minimum atomic E-state index is -0.671. The quantitative estimate of drug-likeness (QED) is 0.495. The van der Waals surface area contributed by atoms with E-state index in [1.165, 1.54) is 12.1 Å². The van der Waals surface area contributed by atoms with Crippen LogP contribution >= 0.6 is 0 Å². The second-order valence-electron chi connectivity index (χ2n) is 6.71. The molecule has 0 aliphatic heterocycles. The maximum Gasteiger partial charge on any atom is 0.338 e. The summed E-state index contributed by atoms with van der Waals surface area (Å²) in [5.74, 6) is 0.741. The zero-order chi connectivity index (χ0) is 23.5. The largest absolute Gasteiger partial charge is 0.496 e. The number of carbonyl (C=O) groups is 2. The van der Waals surface area contributed by atoms with Crippen LogP contribution in [0.25, 0.3) is 0 Å². The Bertz CT molecular complexity index is 886. The van der Waals surface area contributed by atoms with Gasteiger partial charge in [-0.1, -0.05) is 18.2 Å². The Morgan fingerprint density at radius 3 is 2.06 bits per heavy atom. The van der Waals surface area contributed by atoms with E-state index in [1.54, 1.807) is 7.11 Å². The fraction of sp³-hybridized carbons (Fsp3) is 0.417. The highest BCUT2D eigenvalue weighted by Crippen LogP contribution is 2.39. The fourth-order valence-corrected chi connectivity index (χ4v) is 3.11. The lowest BCUT2D eigenvalue weighted by Gasteiger charge is -2.18. The maximum atomic E-state index is 12.6. The van der Waals surface area contributed by atoms with Crippen LogP contribution in [0, 0.1) is 0 Å². The molecule has 1 atom stereocenters. The van der Waals surface area contributed by atoms with Crippen molar-refractivity contribution in [1.82, 2.24) is 5.32 Å². The van der Waals surface area contributed by atoms with Crippen molar-refractivity contribution >= 4 is 11.9 Å². The number of hydrogen-bond acceptors (Lipinski definition) is 7. The van der Waals surface area contributed by atoms with E-state index in [9.17, 15) is 9.59 Å². The van der Waals surface area contributed by atoms with E-state index in [-0.39, 0.29) is 11.6 Å². The zero-order valence-corrected chi connectivity index (χ0v) is 19.2. The van der Waals surface area contributed by atoms with Gasteiger partial charge in [-0.15, -0.1) is 0 Å². The van der Waals surface area contributed by atoms with Gasteiger partial charge >= 0.3 is 5.97 Å². The van der Waals surface area contributed by atoms with Crippen molar-refractivity contribution in [1.29, 1.82) is 0 Å². The average molecular weight is 446 g/mol. The number of rotatable bonds is 12. The van der Waals surface area contributed by atoms with Gasteiger partial charge < -0.3 is 29.0 Å². The number of methoxy groups -OCH3 is 1. The van der Waals surface area contributed by atoms with Crippen molar-refractivity contribution in [2.24, 2.45) is 0 Å². The van der Waals surface area contributed by atoms with E-state index in [4.69, 9.17) is 23.7 Å². The van der Waals surface area contributed by atoms with Gasteiger partial charge in [0.1, 0.15) is 5.75 Å². The first-order valence-corrected chi connectivity index (χ1v) is 10.6. The van der Waals surface area contributed by atoms with Crippen LogP contribution in [0.2, 0.25) is 0 Å². The Balaban J connectivity index is 2.08. The van der Waals surface area contributed by atoms with Gasteiger partial charge in [0.05, 0.1) is 38.5 Å². The molecule has 0 aliphatic rings. The Morgan fingerprint density at radius 2 is 1.50 bits per heavy atom. The molecule has 174 valence electrons. The van der Waals surface area contributed by atoms with Gasteiger partial charge in [0.2, 0.25) is 5.75 Å². The molecule has 0 bridgehead atoms. The third-order valence-corrected chi connectivity index (χ3v) is 4.46. The van der Waals surface area contributed by atoms with Gasteiger partial charge in [0, 0.05) is 5.56 Å². The van der Waals surface area contributed by atoms with E-state index in [1.807, 2.05) is 52.0 Å². The summed E-state index contributed by atoms with van der Waals surface area (Å²) in [5, 5.41) is 2.80. The van der Waals surface area contributed by atoms with Crippen LogP contribution in [0.3, 0.4) is 0 Å². The van der Waals surface area contributed by atoms with Gasteiger partial charge in [-0.2, -0.15) is 0 Å². The molecule has 0 spiro atoms. The van der Waals surface area contributed by atoms with E-state index in [0.717, 1.165) is 5.56 Å². The molecule has 32 heavy (non-hydrogen) atoms. The second kappa shape index (κ2) is 12.4. The minimum Gasteiger partial charge on any atom is -0.496 e. The summed E-state index contributed by atoms with van der Waals surface area (Å²) in [5.41, 5.74) is 1.02. The molecule has 2 aromatic rings. The first-order valence-electron chi connectivity index (χ1n) is 10.6. The molecule has 0 heterocycles. The highest BCUT2D eigenvalue weighted by Gasteiger charge is 2.20. The Kier molecular flexibility index (Phi) is 9.66. The summed E-state index contributed by atoms with van der Waals surface area (Å²) < 4.78 is 27.4. The van der Waals surface area contributed by atoms with Gasteiger partial charge in [-0.05, 0) is 45.9 Å². The molecule has 1 amide bonds. The van der Waals surface area contributed by atoms with Gasteiger partial charge in [0.15, 0.2) is 18.1 Å². The van der Waals surface area contributed by atoms with Crippen LogP contribution in [0.4, 0.5) is 0 Å². The molecule has 0 radical (unpaired) electrons. The van der Waals surface area contributed by atoms with Gasteiger partial charge in [-0.25, -0.2) is 4.79 Å². The first kappa shape index (κ1) is 24.8. The Hall–Kier alpha value is -3.42. The molecule has 8 nitrogen and oxygen atoms in total. The lowest BCUT2D eigenvalue weighted by atomic mass is 10.1. The lowest BCUT2D eigenvalue weighted by Crippen LogP contribution is -2.31. The molecule has 0 saturated carbocycles. The molecule has 2 rings (SSSR count). The van der Waals surface area contributed by atoms with Crippen LogP contribution in [0.1, 0.15) is 49.7 Å². The third kappa shape index (κ3) is 6.54. The smallest absolute Gasteiger partial charge is 0.338 e. The van der Waals surface area contributed by atoms with Crippen LogP contribution in [-0.4, -0.2) is 45.4 Å². The molecule has 1 unspecified atom stereocenters.